The average Bonchev–Trinajstić information content (AvgIpc) is 2.17. The second-order valence-electron chi connectivity index (χ2n) is 4.39. The van der Waals surface area contributed by atoms with Crippen molar-refractivity contribution in [3.8, 4) is 0 Å². The van der Waals surface area contributed by atoms with Crippen molar-refractivity contribution < 1.29 is 4.79 Å². The second kappa shape index (κ2) is 6.80. The molecule has 1 rings (SSSR count). The minimum atomic E-state index is 0.0746. The molecule has 0 aromatic heterocycles. The molecule has 1 fully saturated rings. The molecule has 1 heterocycles. The number of likely N-dealkylation sites (N-methyl/N-ethyl adjacent to an activating group) is 1. The van der Waals surface area contributed by atoms with Crippen LogP contribution in [0.1, 0.15) is 26.2 Å². The molecule has 1 amide bonds. The fraction of sp³-hybridized carbons (Fsp3) is 0.909. The first-order valence-electron chi connectivity index (χ1n) is 5.85. The Morgan fingerprint density at radius 1 is 1.53 bits per heavy atom. The minimum Gasteiger partial charge on any atom is -0.356 e. The van der Waals surface area contributed by atoms with Gasteiger partial charge in [-0.25, -0.2) is 0 Å². The van der Waals surface area contributed by atoms with Gasteiger partial charge in [-0.3, -0.25) is 4.79 Å². The quantitative estimate of drug-likeness (QED) is 0.641. The molecular formula is C11H23N3O. The largest absolute Gasteiger partial charge is 0.356 e. The molecule has 1 atom stereocenters. The smallest absolute Gasteiger partial charge is 0.216 e. The fourth-order valence-corrected chi connectivity index (χ4v) is 1.97. The molecule has 0 aliphatic carbocycles. The van der Waals surface area contributed by atoms with Crippen LogP contribution in [0.2, 0.25) is 0 Å². The highest BCUT2D eigenvalue weighted by Crippen LogP contribution is 2.05. The number of rotatable bonds is 5. The lowest BCUT2D eigenvalue weighted by atomic mass is 10.1. The van der Waals surface area contributed by atoms with E-state index in [-0.39, 0.29) is 5.91 Å². The van der Waals surface area contributed by atoms with Crippen LogP contribution in [-0.2, 0) is 4.79 Å². The summed E-state index contributed by atoms with van der Waals surface area (Å²) in [6, 6.07) is 0.640. The van der Waals surface area contributed by atoms with Crippen molar-refractivity contribution in [1.29, 1.82) is 0 Å². The van der Waals surface area contributed by atoms with Crippen LogP contribution in [0.3, 0.4) is 0 Å². The van der Waals surface area contributed by atoms with Crippen molar-refractivity contribution in [3.05, 3.63) is 0 Å². The van der Waals surface area contributed by atoms with E-state index in [0.717, 1.165) is 32.6 Å². The number of carbonyl (C=O) groups is 1. The lowest BCUT2D eigenvalue weighted by Crippen LogP contribution is -2.48. The summed E-state index contributed by atoms with van der Waals surface area (Å²) >= 11 is 0. The highest BCUT2D eigenvalue weighted by atomic mass is 16.1. The van der Waals surface area contributed by atoms with Gasteiger partial charge in [0.1, 0.15) is 0 Å². The fourth-order valence-electron chi connectivity index (χ4n) is 1.97. The topological polar surface area (TPSA) is 44.4 Å². The second-order valence-corrected chi connectivity index (χ2v) is 4.39. The van der Waals surface area contributed by atoms with Gasteiger partial charge in [0, 0.05) is 39.1 Å². The Kier molecular flexibility index (Phi) is 5.65. The molecule has 0 aromatic carbocycles. The molecule has 4 heteroatoms. The monoisotopic (exact) mass is 213 g/mol. The van der Waals surface area contributed by atoms with Gasteiger partial charge >= 0.3 is 0 Å². The Bertz CT molecular complexity index is 196. The lowest BCUT2D eigenvalue weighted by Gasteiger charge is -2.30. The summed E-state index contributed by atoms with van der Waals surface area (Å²) in [7, 11) is 2.17. The Morgan fingerprint density at radius 2 is 2.33 bits per heavy atom. The van der Waals surface area contributed by atoms with Crippen LogP contribution in [0.25, 0.3) is 0 Å². The van der Waals surface area contributed by atoms with Crippen LogP contribution in [0, 0.1) is 0 Å². The summed E-state index contributed by atoms with van der Waals surface area (Å²) in [5.74, 6) is 0.0746. The van der Waals surface area contributed by atoms with Crippen LogP contribution in [0.5, 0.6) is 0 Å². The van der Waals surface area contributed by atoms with Gasteiger partial charge in [0.15, 0.2) is 0 Å². The van der Waals surface area contributed by atoms with E-state index < -0.39 is 0 Å². The van der Waals surface area contributed by atoms with Crippen molar-refractivity contribution in [2.75, 3.05) is 33.2 Å². The molecule has 0 bridgehead atoms. The number of unbranched alkanes of at least 4 members (excludes halogenated alkanes) is 1. The van der Waals surface area contributed by atoms with Crippen LogP contribution in [-0.4, -0.2) is 50.1 Å². The zero-order chi connectivity index (χ0) is 11.1. The van der Waals surface area contributed by atoms with Crippen LogP contribution >= 0.6 is 0 Å². The van der Waals surface area contributed by atoms with Gasteiger partial charge in [-0.05, 0) is 19.9 Å². The molecule has 4 nitrogen and oxygen atoms in total. The molecule has 0 spiro atoms. The molecular weight excluding hydrogens is 190 g/mol. The van der Waals surface area contributed by atoms with Crippen LogP contribution < -0.4 is 10.6 Å². The molecule has 1 unspecified atom stereocenters. The SMILES string of the molecule is CC(=O)NCCCCC1CN(C)CCN1. The minimum absolute atomic E-state index is 0.0746. The zero-order valence-electron chi connectivity index (χ0n) is 9.88. The highest BCUT2D eigenvalue weighted by molar-refractivity contribution is 5.72. The molecule has 88 valence electrons. The molecule has 1 saturated heterocycles. The summed E-state index contributed by atoms with van der Waals surface area (Å²) in [4.78, 5) is 13.0. The molecule has 1 aliphatic heterocycles. The van der Waals surface area contributed by atoms with Gasteiger partial charge in [0.2, 0.25) is 5.91 Å². The number of nitrogens with zero attached hydrogens (tertiary/aromatic N) is 1. The zero-order valence-corrected chi connectivity index (χ0v) is 9.88. The maximum atomic E-state index is 10.6. The van der Waals surface area contributed by atoms with Crippen molar-refractivity contribution in [3.63, 3.8) is 0 Å². The lowest BCUT2D eigenvalue weighted by molar-refractivity contribution is -0.118. The Morgan fingerprint density at radius 3 is 3.00 bits per heavy atom. The summed E-state index contributed by atoms with van der Waals surface area (Å²) < 4.78 is 0. The van der Waals surface area contributed by atoms with Crippen molar-refractivity contribution in [2.45, 2.75) is 32.2 Å². The number of hydrogen-bond donors (Lipinski definition) is 2. The molecule has 1 aliphatic rings. The van der Waals surface area contributed by atoms with E-state index in [9.17, 15) is 4.79 Å². The van der Waals surface area contributed by atoms with Gasteiger partial charge in [-0.1, -0.05) is 6.42 Å². The van der Waals surface area contributed by atoms with Gasteiger partial charge in [0.25, 0.3) is 0 Å². The summed E-state index contributed by atoms with van der Waals surface area (Å²) in [6.45, 7) is 5.80. The summed E-state index contributed by atoms with van der Waals surface area (Å²) in [6.07, 6.45) is 3.48. The number of hydrogen-bond acceptors (Lipinski definition) is 3. The third-order valence-electron chi connectivity index (χ3n) is 2.81. The normalized spacial score (nSPS) is 22.7. The van der Waals surface area contributed by atoms with E-state index in [2.05, 4.69) is 22.6 Å². The maximum Gasteiger partial charge on any atom is 0.216 e. The first-order chi connectivity index (χ1) is 7.18. The van der Waals surface area contributed by atoms with Crippen molar-refractivity contribution in [2.24, 2.45) is 0 Å². The molecule has 0 radical (unpaired) electrons. The van der Waals surface area contributed by atoms with Crippen molar-refractivity contribution in [1.82, 2.24) is 15.5 Å². The third kappa shape index (κ3) is 5.74. The van der Waals surface area contributed by atoms with E-state index in [1.165, 1.54) is 12.8 Å². The van der Waals surface area contributed by atoms with Gasteiger partial charge in [-0.15, -0.1) is 0 Å². The van der Waals surface area contributed by atoms with E-state index in [1.54, 1.807) is 6.92 Å². The molecule has 15 heavy (non-hydrogen) atoms. The number of nitrogens with one attached hydrogen (secondary N) is 2. The average molecular weight is 213 g/mol. The maximum absolute atomic E-state index is 10.6. The first-order valence-corrected chi connectivity index (χ1v) is 5.85. The van der Waals surface area contributed by atoms with E-state index in [4.69, 9.17) is 0 Å². The Labute approximate surface area is 92.4 Å². The Hall–Kier alpha value is -0.610. The molecule has 2 N–H and O–H groups in total. The van der Waals surface area contributed by atoms with Gasteiger partial charge in [-0.2, -0.15) is 0 Å². The molecule has 0 aromatic rings. The van der Waals surface area contributed by atoms with E-state index in [0.29, 0.717) is 6.04 Å². The predicted octanol–water partition coefficient (Wildman–Crippen LogP) is 0.196. The molecule has 0 saturated carbocycles. The predicted molar refractivity (Wildman–Crippen MR) is 61.8 cm³/mol. The van der Waals surface area contributed by atoms with Gasteiger partial charge < -0.3 is 15.5 Å². The number of piperazine rings is 1. The standard InChI is InChI=1S/C11H23N3O/c1-10(15)12-6-4-3-5-11-9-14(2)8-7-13-11/h11,13H,3-9H2,1-2H3,(H,12,15). The van der Waals surface area contributed by atoms with Crippen molar-refractivity contribution >= 4 is 5.91 Å². The Balaban J connectivity index is 1.97. The highest BCUT2D eigenvalue weighted by Gasteiger charge is 2.15. The van der Waals surface area contributed by atoms with E-state index >= 15 is 0 Å². The number of amides is 1. The third-order valence-corrected chi connectivity index (χ3v) is 2.81. The summed E-state index contributed by atoms with van der Waals surface area (Å²) in [5.41, 5.74) is 0. The van der Waals surface area contributed by atoms with E-state index in [1.807, 2.05) is 0 Å². The van der Waals surface area contributed by atoms with Crippen LogP contribution in [0.15, 0.2) is 0 Å². The summed E-state index contributed by atoms with van der Waals surface area (Å²) in [5, 5.41) is 6.34. The first kappa shape index (κ1) is 12.5. The van der Waals surface area contributed by atoms with Gasteiger partial charge in [0.05, 0.1) is 0 Å². The van der Waals surface area contributed by atoms with Crippen LogP contribution in [0.4, 0.5) is 0 Å². The number of carbonyl (C=O) groups excluding carboxylic acids is 1.